The normalized spacial score (nSPS) is 16.0. The first-order valence-electron chi connectivity index (χ1n) is 6.68. The first-order valence-corrected chi connectivity index (χ1v) is 6.68. The second-order valence-electron chi connectivity index (χ2n) is 4.94. The molecule has 19 heavy (non-hydrogen) atoms. The van der Waals surface area contributed by atoms with Gasteiger partial charge >= 0.3 is 0 Å². The molecule has 0 atom stereocenters. The van der Waals surface area contributed by atoms with Gasteiger partial charge in [-0.3, -0.25) is 4.79 Å². The van der Waals surface area contributed by atoms with Crippen LogP contribution in [0.5, 0.6) is 0 Å². The lowest BCUT2D eigenvalue weighted by Crippen LogP contribution is -2.36. The number of rotatable bonds is 2. The molecule has 0 unspecified atom stereocenters. The van der Waals surface area contributed by atoms with Crippen LogP contribution >= 0.6 is 0 Å². The number of aryl methyl sites for hydroxylation is 1. The van der Waals surface area contributed by atoms with Crippen LogP contribution in [0.1, 0.15) is 30.4 Å². The Hall–Kier alpha value is -2.08. The molecule has 0 spiro atoms. The van der Waals surface area contributed by atoms with E-state index in [2.05, 4.69) is 0 Å². The molecular weight excluding hydrogens is 236 g/mol. The van der Waals surface area contributed by atoms with Crippen molar-refractivity contribution in [1.82, 2.24) is 4.90 Å². The summed E-state index contributed by atoms with van der Waals surface area (Å²) < 4.78 is 0. The fourth-order valence-corrected chi connectivity index (χ4v) is 2.34. The van der Waals surface area contributed by atoms with Crippen LogP contribution in [0.3, 0.4) is 0 Å². The zero-order valence-electron chi connectivity index (χ0n) is 11.2. The first kappa shape index (κ1) is 13.4. The maximum atomic E-state index is 12.3. The van der Waals surface area contributed by atoms with Gasteiger partial charge in [-0.25, -0.2) is 0 Å². The number of amides is 1. The monoisotopic (exact) mass is 254 g/mol. The average Bonchev–Trinajstić information content (AvgIpc) is 2.45. The topological polar surface area (TPSA) is 44.1 Å². The van der Waals surface area contributed by atoms with Gasteiger partial charge in [-0.1, -0.05) is 29.8 Å². The molecule has 2 rings (SSSR count). The molecule has 1 heterocycles. The van der Waals surface area contributed by atoms with Crippen molar-refractivity contribution in [2.45, 2.75) is 26.2 Å². The summed E-state index contributed by atoms with van der Waals surface area (Å²) in [6, 6.07) is 9.85. The molecule has 1 aliphatic heterocycles. The smallest absolute Gasteiger partial charge is 0.264 e. The summed E-state index contributed by atoms with van der Waals surface area (Å²) in [5.74, 6) is -0.135. The van der Waals surface area contributed by atoms with Crippen molar-refractivity contribution in [3.63, 3.8) is 0 Å². The Kier molecular flexibility index (Phi) is 4.35. The van der Waals surface area contributed by atoms with Gasteiger partial charge in [0.25, 0.3) is 5.91 Å². The lowest BCUT2D eigenvalue weighted by Gasteiger charge is -2.26. The number of piperidine rings is 1. The highest BCUT2D eigenvalue weighted by Gasteiger charge is 2.19. The third-order valence-corrected chi connectivity index (χ3v) is 3.35. The molecule has 1 aromatic rings. The van der Waals surface area contributed by atoms with E-state index in [0.29, 0.717) is 0 Å². The molecule has 98 valence electrons. The second-order valence-corrected chi connectivity index (χ2v) is 4.94. The standard InChI is InChI=1S/C16H18N2O/c1-13-6-5-7-14(10-13)11-15(12-17)16(19)18-8-3-2-4-9-18/h5-7,10-11H,2-4,8-9H2,1H3/b15-11+. The number of benzene rings is 1. The van der Waals surface area contributed by atoms with Crippen LogP contribution in [0, 0.1) is 18.3 Å². The molecular formula is C16H18N2O. The fourth-order valence-electron chi connectivity index (χ4n) is 2.34. The molecule has 0 bridgehead atoms. The highest BCUT2D eigenvalue weighted by atomic mass is 16.2. The molecule has 1 fully saturated rings. The number of nitrogens with zero attached hydrogens (tertiary/aromatic N) is 2. The van der Waals surface area contributed by atoms with E-state index in [4.69, 9.17) is 0 Å². The highest BCUT2D eigenvalue weighted by molar-refractivity contribution is 6.01. The number of likely N-dealkylation sites (tertiary alicyclic amines) is 1. The molecule has 1 saturated heterocycles. The van der Waals surface area contributed by atoms with Crippen molar-refractivity contribution in [1.29, 1.82) is 5.26 Å². The largest absolute Gasteiger partial charge is 0.338 e. The van der Waals surface area contributed by atoms with E-state index in [1.165, 1.54) is 6.42 Å². The van der Waals surface area contributed by atoms with E-state index in [-0.39, 0.29) is 11.5 Å². The Bertz CT molecular complexity index is 534. The summed E-state index contributed by atoms with van der Waals surface area (Å²) >= 11 is 0. The lowest BCUT2D eigenvalue weighted by atomic mass is 10.1. The summed E-state index contributed by atoms with van der Waals surface area (Å²) in [4.78, 5) is 14.0. The van der Waals surface area contributed by atoms with Crippen molar-refractivity contribution >= 4 is 12.0 Å². The molecule has 0 radical (unpaired) electrons. The number of hydrogen-bond acceptors (Lipinski definition) is 2. The number of nitriles is 1. The van der Waals surface area contributed by atoms with Crippen LogP contribution in [-0.4, -0.2) is 23.9 Å². The molecule has 3 nitrogen and oxygen atoms in total. The molecule has 0 saturated carbocycles. The Morgan fingerprint density at radius 3 is 2.68 bits per heavy atom. The molecule has 0 aromatic heterocycles. The molecule has 3 heteroatoms. The average molecular weight is 254 g/mol. The maximum absolute atomic E-state index is 12.3. The quantitative estimate of drug-likeness (QED) is 0.601. The van der Waals surface area contributed by atoms with Crippen LogP contribution in [0.2, 0.25) is 0 Å². The number of carbonyl (C=O) groups is 1. The van der Waals surface area contributed by atoms with Gasteiger partial charge in [-0.05, 0) is 37.8 Å². The zero-order valence-corrected chi connectivity index (χ0v) is 11.2. The molecule has 1 aromatic carbocycles. The van der Waals surface area contributed by atoms with Crippen LogP contribution in [0.15, 0.2) is 29.8 Å². The van der Waals surface area contributed by atoms with Crippen molar-refractivity contribution < 1.29 is 4.79 Å². The predicted octanol–water partition coefficient (Wildman–Crippen LogP) is 2.91. The summed E-state index contributed by atoms with van der Waals surface area (Å²) in [6.07, 6.45) is 4.93. The van der Waals surface area contributed by atoms with Crippen LogP contribution < -0.4 is 0 Å². The minimum atomic E-state index is -0.135. The van der Waals surface area contributed by atoms with Crippen LogP contribution in [0.25, 0.3) is 6.08 Å². The predicted molar refractivity (Wildman–Crippen MR) is 75.2 cm³/mol. The minimum absolute atomic E-state index is 0.135. The summed E-state index contributed by atoms with van der Waals surface area (Å²) in [5.41, 5.74) is 2.26. The Balaban J connectivity index is 2.19. The van der Waals surface area contributed by atoms with E-state index in [0.717, 1.165) is 37.1 Å². The third-order valence-electron chi connectivity index (χ3n) is 3.35. The Morgan fingerprint density at radius 2 is 2.05 bits per heavy atom. The summed E-state index contributed by atoms with van der Waals surface area (Å²) in [5, 5.41) is 9.19. The Labute approximate surface area is 114 Å². The highest BCUT2D eigenvalue weighted by Crippen LogP contribution is 2.15. The second kappa shape index (κ2) is 6.19. The molecule has 1 aliphatic rings. The molecule has 1 amide bonds. The van der Waals surface area contributed by atoms with E-state index < -0.39 is 0 Å². The van der Waals surface area contributed by atoms with Crippen molar-refractivity contribution in [2.24, 2.45) is 0 Å². The van der Waals surface area contributed by atoms with Gasteiger partial charge in [-0.2, -0.15) is 5.26 Å². The van der Waals surface area contributed by atoms with Gasteiger partial charge < -0.3 is 4.90 Å². The number of hydrogen-bond donors (Lipinski definition) is 0. The van der Waals surface area contributed by atoms with Crippen molar-refractivity contribution in [3.8, 4) is 6.07 Å². The van der Waals surface area contributed by atoms with Crippen molar-refractivity contribution in [3.05, 3.63) is 41.0 Å². The number of carbonyl (C=O) groups excluding carboxylic acids is 1. The van der Waals surface area contributed by atoms with Gasteiger partial charge in [0.05, 0.1) is 0 Å². The Morgan fingerprint density at radius 1 is 1.32 bits per heavy atom. The van der Waals surface area contributed by atoms with Crippen LogP contribution in [0.4, 0.5) is 0 Å². The first-order chi connectivity index (χ1) is 9.20. The summed E-state index contributed by atoms with van der Waals surface area (Å²) in [7, 11) is 0. The van der Waals surface area contributed by atoms with Gasteiger partial charge in [0.15, 0.2) is 0 Å². The van der Waals surface area contributed by atoms with Gasteiger partial charge in [0, 0.05) is 13.1 Å². The van der Waals surface area contributed by atoms with Gasteiger partial charge in [0.2, 0.25) is 0 Å². The van der Waals surface area contributed by atoms with E-state index in [9.17, 15) is 10.1 Å². The summed E-state index contributed by atoms with van der Waals surface area (Å²) in [6.45, 7) is 3.53. The maximum Gasteiger partial charge on any atom is 0.264 e. The SMILES string of the molecule is Cc1cccc(/C=C(\C#N)C(=O)N2CCCCC2)c1. The molecule has 0 N–H and O–H groups in total. The zero-order chi connectivity index (χ0) is 13.7. The van der Waals surface area contributed by atoms with E-state index in [1.807, 2.05) is 37.3 Å². The lowest BCUT2D eigenvalue weighted by molar-refractivity contribution is -0.127. The third kappa shape index (κ3) is 3.45. The van der Waals surface area contributed by atoms with Gasteiger partial charge in [-0.15, -0.1) is 0 Å². The fraction of sp³-hybridized carbons (Fsp3) is 0.375. The van der Waals surface area contributed by atoms with E-state index >= 15 is 0 Å². The van der Waals surface area contributed by atoms with Crippen molar-refractivity contribution in [2.75, 3.05) is 13.1 Å². The van der Waals surface area contributed by atoms with Crippen LogP contribution in [-0.2, 0) is 4.79 Å². The van der Waals surface area contributed by atoms with E-state index in [1.54, 1.807) is 11.0 Å². The minimum Gasteiger partial charge on any atom is -0.338 e. The van der Waals surface area contributed by atoms with Gasteiger partial charge in [0.1, 0.15) is 11.6 Å². The molecule has 0 aliphatic carbocycles.